The summed E-state index contributed by atoms with van der Waals surface area (Å²) in [5.74, 6) is -1.86. The molecule has 0 bridgehead atoms. The summed E-state index contributed by atoms with van der Waals surface area (Å²) in [5.41, 5.74) is 0.523. The van der Waals surface area contributed by atoms with Crippen LogP contribution >= 0.6 is 0 Å². The minimum absolute atomic E-state index is 0.00619. The van der Waals surface area contributed by atoms with Gasteiger partial charge in [-0.05, 0) is 24.3 Å². The van der Waals surface area contributed by atoms with Gasteiger partial charge in [-0.1, -0.05) is 18.2 Å². The third kappa shape index (κ3) is 4.18. The van der Waals surface area contributed by atoms with Crippen molar-refractivity contribution in [1.82, 2.24) is 5.01 Å². The fourth-order valence-corrected chi connectivity index (χ4v) is 2.75. The standard InChI is InChI=1S/C20H18N2O7/c1-11(23)22-20(29-19(21-22)14-7-4-5-9-16(14)26)15-8-6-10-17(27-12(2)24)18(15)28-13(3)25/h4-10,20,26H,1-3H3/t20-/m1/s1. The van der Waals surface area contributed by atoms with E-state index in [-0.39, 0.29) is 34.3 Å². The smallest absolute Gasteiger partial charge is 0.308 e. The van der Waals surface area contributed by atoms with Gasteiger partial charge < -0.3 is 19.3 Å². The Hall–Kier alpha value is -3.88. The number of rotatable bonds is 4. The van der Waals surface area contributed by atoms with Crippen LogP contribution in [-0.4, -0.2) is 33.9 Å². The van der Waals surface area contributed by atoms with Crippen molar-refractivity contribution in [3.8, 4) is 17.2 Å². The number of esters is 2. The van der Waals surface area contributed by atoms with Gasteiger partial charge in [-0.2, -0.15) is 5.01 Å². The van der Waals surface area contributed by atoms with E-state index < -0.39 is 24.1 Å². The highest BCUT2D eigenvalue weighted by Crippen LogP contribution is 2.41. The summed E-state index contributed by atoms with van der Waals surface area (Å²) in [6, 6.07) is 10.9. The molecule has 3 rings (SSSR count). The summed E-state index contributed by atoms with van der Waals surface area (Å²) < 4.78 is 16.2. The number of para-hydroxylation sites is 2. The van der Waals surface area contributed by atoms with Crippen LogP contribution in [0.25, 0.3) is 0 Å². The summed E-state index contributed by atoms with van der Waals surface area (Å²) in [5, 5.41) is 15.3. The first-order chi connectivity index (χ1) is 13.8. The normalized spacial score (nSPS) is 15.3. The van der Waals surface area contributed by atoms with Gasteiger partial charge in [0.15, 0.2) is 11.5 Å². The van der Waals surface area contributed by atoms with E-state index in [2.05, 4.69) is 5.10 Å². The number of hydrogen-bond acceptors (Lipinski definition) is 8. The molecule has 0 radical (unpaired) electrons. The number of ether oxygens (including phenoxy) is 3. The van der Waals surface area contributed by atoms with Crippen molar-refractivity contribution in [2.75, 3.05) is 0 Å². The Morgan fingerprint density at radius 3 is 2.31 bits per heavy atom. The summed E-state index contributed by atoms with van der Waals surface area (Å²) in [6.07, 6.45) is -1.10. The highest BCUT2D eigenvalue weighted by molar-refractivity contribution is 5.98. The Bertz CT molecular complexity index is 1020. The highest BCUT2D eigenvalue weighted by atomic mass is 16.6. The summed E-state index contributed by atoms with van der Waals surface area (Å²) >= 11 is 0. The molecule has 1 aliphatic rings. The number of amides is 1. The average Bonchev–Trinajstić information content (AvgIpc) is 3.08. The Kier molecular flexibility index (Phi) is 5.49. The van der Waals surface area contributed by atoms with E-state index in [1.165, 1.54) is 32.9 Å². The lowest BCUT2D eigenvalue weighted by atomic mass is 10.1. The zero-order chi connectivity index (χ0) is 21.1. The second-order valence-corrected chi connectivity index (χ2v) is 6.12. The van der Waals surface area contributed by atoms with Crippen molar-refractivity contribution < 1.29 is 33.7 Å². The van der Waals surface area contributed by atoms with Crippen molar-refractivity contribution in [3.63, 3.8) is 0 Å². The molecule has 2 aromatic carbocycles. The summed E-state index contributed by atoms with van der Waals surface area (Å²) in [6.45, 7) is 3.68. The summed E-state index contributed by atoms with van der Waals surface area (Å²) in [7, 11) is 0. The molecule has 0 saturated heterocycles. The quantitative estimate of drug-likeness (QED) is 0.621. The molecule has 1 heterocycles. The van der Waals surface area contributed by atoms with Gasteiger partial charge in [-0.25, -0.2) is 0 Å². The molecular weight excluding hydrogens is 380 g/mol. The van der Waals surface area contributed by atoms with Crippen molar-refractivity contribution in [1.29, 1.82) is 0 Å². The van der Waals surface area contributed by atoms with E-state index in [4.69, 9.17) is 14.2 Å². The third-order valence-corrected chi connectivity index (χ3v) is 3.88. The van der Waals surface area contributed by atoms with Gasteiger partial charge in [0, 0.05) is 20.8 Å². The minimum atomic E-state index is -1.10. The molecular formula is C20H18N2O7. The number of carbonyl (C=O) groups excluding carboxylic acids is 3. The number of phenols is 1. The number of benzene rings is 2. The van der Waals surface area contributed by atoms with Crippen LogP contribution in [0.15, 0.2) is 47.6 Å². The van der Waals surface area contributed by atoms with Gasteiger partial charge in [0.05, 0.1) is 11.1 Å². The molecule has 1 aliphatic heterocycles. The van der Waals surface area contributed by atoms with E-state index >= 15 is 0 Å². The lowest BCUT2D eigenvalue weighted by Gasteiger charge is -2.22. The van der Waals surface area contributed by atoms with E-state index in [1.807, 2.05) is 0 Å². The first-order valence-corrected chi connectivity index (χ1v) is 8.61. The maximum Gasteiger partial charge on any atom is 0.308 e. The van der Waals surface area contributed by atoms with Gasteiger partial charge in [0.1, 0.15) is 5.75 Å². The molecule has 29 heavy (non-hydrogen) atoms. The monoisotopic (exact) mass is 398 g/mol. The maximum atomic E-state index is 12.2. The first kappa shape index (κ1) is 19.9. The van der Waals surface area contributed by atoms with Crippen LogP contribution in [0.3, 0.4) is 0 Å². The average molecular weight is 398 g/mol. The lowest BCUT2D eigenvalue weighted by Crippen LogP contribution is -2.26. The van der Waals surface area contributed by atoms with Crippen LogP contribution in [0.4, 0.5) is 0 Å². The van der Waals surface area contributed by atoms with Crippen molar-refractivity contribution >= 4 is 23.7 Å². The van der Waals surface area contributed by atoms with Crippen LogP contribution in [0.5, 0.6) is 17.2 Å². The molecule has 150 valence electrons. The van der Waals surface area contributed by atoms with Crippen LogP contribution in [0.1, 0.15) is 38.1 Å². The topological polar surface area (TPSA) is 115 Å². The minimum Gasteiger partial charge on any atom is -0.507 e. The number of hydrogen-bond donors (Lipinski definition) is 1. The molecule has 0 aromatic heterocycles. The second-order valence-electron chi connectivity index (χ2n) is 6.12. The van der Waals surface area contributed by atoms with Gasteiger partial charge >= 0.3 is 11.9 Å². The van der Waals surface area contributed by atoms with Gasteiger partial charge in [0.2, 0.25) is 18.0 Å². The highest BCUT2D eigenvalue weighted by Gasteiger charge is 2.37. The molecule has 1 N–H and O–H groups in total. The Morgan fingerprint density at radius 2 is 1.69 bits per heavy atom. The molecule has 1 atom stereocenters. The predicted octanol–water partition coefficient (Wildman–Crippen LogP) is 2.48. The van der Waals surface area contributed by atoms with Crippen LogP contribution < -0.4 is 9.47 Å². The zero-order valence-electron chi connectivity index (χ0n) is 15.9. The van der Waals surface area contributed by atoms with Crippen LogP contribution in [-0.2, 0) is 19.1 Å². The number of nitrogens with zero attached hydrogens (tertiary/aromatic N) is 2. The number of aromatic hydroxyl groups is 1. The lowest BCUT2D eigenvalue weighted by molar-refractivity contribution is -0.136. The van der Waals surface area contributed by atoms with Gasteiger partial charge in [-0.3, -0.25) is 14.4 Å². The molecule has 0 fully saturated rings. The molecule has 0 unspecified atom stereocenters. The number of phenolic OH excluding ortho intramolecular Hbond substituents is 1. The van der Waals surface area contributed by atoms with E-state index in [9.17, 15) is 19.5 Å². The van der Waals surface area contributed by atoms with Gasteiger partial charge in [0.25, 0.3) is 0 Å². The fourth-order valence-electron chi connectivity index (χ4n) is 2.75. The van der Waals surface area contributed by atoms with E-state index in [0.717, 1.165) is 5.01 Å². The first-order valence-electron chi connectivity index (χ1n) is 8.61. The number of hydrazone groups is 1. The van der Waals surface area contributed by atoms with E-state index in [0.29, 0.717) is 0 Å². The molecule has 0 aliphatic carbocycles. The van der Waals surface area contributed by atoms with Crippen LogP contribution in [0.2, 0.25) is 0 Å². The van der Waals surface area contributed by atoms with E-state index in [1.54, 1.807) is 30.3 Å². The Labute approximate surface area is 166 Å². The zero-order valence-corrected chi connectivity index (χ0v) is 15.9. The fraction of sp³-hybridized carbons (Fsp3) is 0.200. The Morgan fingerprint density at radius 1 is 1.00 bits per heavy atom. The Balaban J connectivity index is 2.07. The predicted molar refractivity (Wildman–Crippen MR) is 100 cm³/mol. The van der Waals surface area contributed by atoms with Crippen molar-refractivity contribution in [2.24, 2.45) is 5.10 Å². The van der Waals surface area contributed by atoms with Gasteiger partial charge in [-0.15, -0.1) is 5.10 Å². The molecule has 1 amide bonds. The van der Waals surface area contributed by atoms with Crippen molar-refractivity contribution in [3.05, 3.63) is 53.6 Å². The third-order valence-electron chi connectivity index (χ3n) is 3.88. The molecule has 0 saturated carbocycles. The van der Waals surface area contributed by atoms with Crippen molar-refractivity contribution in [2.45, 2.75) is 27.0 Å². The maximum absolute atomic E-state index is 12.2. The SMILES string of the molecule is CC(=O)Oc1cccc([C@H]2OC(c3ccccc3O)=NN2C(C)=O)c1OC(C)=O. The molecule has 9 heteroatoms. The molecule has 2 aromatic rings. The number of carbonyl (C=O) groups is 3. The largest absolute Gasteiger partial charge is 0.507 e. The molecule has 9 nitrogen and oxygen atoms in total. The second kappa shape index (κ2) is 8.01. The molecule has 0 spiro atoms. The van der Waals surface area contributed by atoms with Crippen LogP contribution in [0, 0.1) is 0 Å². The summed E-state index contributed by atoms with van der Waals surface area (Å²) in [4.78, 5) is 35.2.